The van der Waals surface area contributed by atoms with Gasteiger partial charge in [0.25, 0.3) is 0 Å². The van der Waals surface area contributed by atoms with Gasteiger partial charge in [0.1, 0.15) is 6.10 Å². The van der Waals surface area contributed by atoms with E-state index in [0.29, 0.717) is 18.6 Å². The molecule has 202 valence electrons. The van der Waals surface area contributed by atoms with Gasteiger partial charge < -0.3 is 19.1 Å². The summed E-state index contributed by atoms with van der Waals surface area (Å²) >= 11 is 0. The number of rotatable bonds is 24. The summed E-state index contributed by atoms with van der Waals surface area (Å²) in [7, 11) is 4.17. The van der Waals surface area contributed by atoms with E-state index in [1.165, 1.54) is 64.2 Å². The van der Waals surface area contributed by atoms with E-state index in [0.717, 1.165) is 51.9 Å². The minimum absolute atomic E-state index is 0.000112. The number of hydrogen-bond donors (Lipinski definition) is 0. The average molecular weight is 484 g/mol. The summed E-state index contributed by atoms with van der Waals surface area (Å²) in [6.07, 6.45) is 18.3. The van der Waals surface area contributed by atoms with Crippen LogP contribution in [0.4, 0.5) is 0 Å². The Morgan fingerprint density at radius 3 is 2.00 bits per heavy atom. The number of likely N-dealkylation sites (N-methyl/N-ethyl adjacent to an activating group) is 1. The van der Waals surface area contributed by atoms with Crippen molar-refractivity contribution in [3.05, 3.63) is 0 Å². The summed E-state index contributed by atoms with van der Waals surface area (Å²) in [5.41, 5.74) is 0. The highest BCUT2D eigenvalue weighted by molar-refractivity contribution is 5.72. The minimum Gasteiger partial charge on any atom is -0.462 e. The zero-order valence-electron chi connectivity index (χ0n) is 23.3. The van der Waals surface area contributed by atoms with E-state index in [2.05, 4.69) is 32.8 Å². The Hall–Kier alpha value is -0.650. The third-order valence-corrected chi connectivity index (χ3v) is 7.12. The van der Waals surface area contributed by atoms with E-state index in [1.54, 1.807) is 0 Å². The molecule has 0 aromatic rings. The van der Waals surface area contributed by atoms with Crippen molar-refractivity contribution in [1.29, 1.82) is 0 Å². The molecule has 1 saturated carbocycles. The fourth-order valence-electron chi connectivity index (χ4n) is 4.31. The van der Waals surface area contributed by atoms with Crippen LogP contribution in [0.15, 0.2) is 0 Å². The molecule has 0 aromatic carbocycles. The van der Waals surface area contributed by atoms with Gasteiger partial charge >= 0.3 is 5.97 Å². The van der Waals surface area contributed by atoms with Crippen LogP contribution in [0.25, 0.3) is 0 Å². The number of carbonyl (C=O) groups excluding carboxylic acids is 1. The Balaban J connectivity index is 2.00. The Kier molecular flexibility index (Phi) is 19.0. The molecule has 5 nitrogen and oxygen atoms in total. The van der Waals surface area contributed by atoms with Crippen molar-refractivity contribution in [3.8, 4) is 0 Å². The van der Waals surface area contributed by atoms with E-state index in [-0.39, 0.29) is 18.0 Å². The smallest absolute Gasteiger partial charge is 0.308 e. The van der Waals surface area contributed by atoms with Crippen LogP contribution in [0.1, 0.15) is 117 Å². The van der Waals surface area contributed by atoms with E-state index in [4.69, 9.17) is 14.2 Å². The van der Waals surface area contributed by atoms with Crippen LogP contribution in [0.5, 0.6) is 0 Å². The molecule has 4 unspecified atom stereocenters. The van der Waals surface area contributed by atoms with Crippen molar-refractivity contribution < 1.29 is 19.0 Å². The first-order chi connectivity index (χ1) is 16.5. The largest absolute Gasteiger partial charge is 0.462 e. The van der Waals surface area contributed by atoms with Gasteiger partial charge in [-0.05, 0) is 52.1 Å². The summed E-state index contributed by atoms with van der Waals surface area (Å²) < 4.78 is 17.5. The van der Waals surface area contributed by atoms with Crippen molar-refractivity contribution in [2.24, 2.45) is 11.8 Å². The number of ether oxygens (including phenoxy) is 3. The first-order valence-corrected chi connectivity index (χ1v) is 14.5. The molecule has 0 radical (unpaired) electrons. The lowest BCUT2D eigenvalue weighted by Crippen LogP contribution is -2.37. The third kappa shape index (κ3) is 16.1. The highest BCUT2D eigenvalue weighted by Gasteiger charge is 2.40. The SMILES string of the molecule is CCCCCCCCC1CC1OC(=O)C(C)CCCCOCC(COCCCCCC)N(C)C. The predicted octanol–water partition coefficient (Wildman–Crippen LogP) is 7.02. The molecule has 1 fully saturated rings. The molecule has 34 heavy (non-hydrogen) atoms. The molecule has 0 N–H and O–H groups in total. The van der Waals surface area contributed by atoms with Crippen LogP contribution in [0, 0.1) is 11.8 Å². The summed E-state index contributed by atoms with van der Waals surface area (Å²) in [5.74, 6) is 0.617. The quantitative estimate of drug-likeness (QED) is 0.109. The summed E-state index contributed by atoms with van der Waals surface area (Å²) in [6, 6.07) is 0.294. The molecule has 0 heterocycles. The van der Waals surface area contributed by atoms with Crippen LogP contribution in [0.2, 0.25) is 0 Å². The van der Waals surface area contributed by atoms with Crippen molar-refractivity contribution in [2.45, 2.75) is 129 Å². The number of unbranched alkanes of at least 4 members (excludes halogenated alkanes) is 9. The van der Waals surface area contributed by atoms with E-state index >= 15 is 0 Å². The lowest BCUT2D eigenvalue weighted by molar-refractivity contribution is -0.150. The molecular formula is C29H57NO4. The lowest BCUT2D eigenvalue weighted by Gasteiger charge is -2.24. The van der Waals surface area contributed by atoms with Crippen LogP contribution in [-0.4, -0.2) is 63.5 Å². The van der Waals surface area contributed by atoms with Crippen LogP contribution < -0.4 is 0 Å². The molecule has 5 heteroatoms. The maximum atomic E-state index is 12.4. The van der Waals surface area contributed by atoms with Crippen molar-refractivity contribution in [1.82, 2.24) is 4.90 Å². The van der Waals surface area contributed by atoms with Crippen molar-refractivity contribution in [2.75, 3.05) is 40.5 Å². The first-order valence-electron chi connectivity index (χ1n) is 14.5. The molecule has 0 spiro atoms. The third-order valence-electron chi connectivity index (χ3n) is 7.12. The Morgan fingerprint density at radius 1 is 0.824 bits per heavy atom. The zero-order chi connectivity index (χ0) is 25.0. The molecule has 1 aliphatic rings. The Labute approximate surface area is 211 Å². The van der Waals surface area contributed by atoms with Gasteiger partial charge in [0.05, 0.1) is 25.2 Å². The molecule has 0 saturated heterocycles. The number of hydrogen-bond acceptors (Lipinski definition) is 5. The van der Waals surface area contributed by atoms with Crippen LogP contribution >= 0.6 is 0 Å². The van der Waals surface area contributed by atoms with Gasteiger partial charge in [-0.2, -0.15) is 0 Å². The highest BCUT2D eigenvalue weighted by Crippen LogP contribution is 2.38. The van der Waals surface area contributed by atoms with Crippen molar-refractivity contribution in [3.63, 3.8) is 0 Å². The van der Waals surface area contributed by atoms with Crippen molar-refractivity contribution >= 4 is 5.97 Å². The number of nitrogens with zero attached hydrogens (tertiary/aromatic N) is 1. The predicted molar refractivity (Wildman–Crippen MR) is 142 cm³/mol. The van der Waals surface area contributed by atoms with Gasteiger partial charge in [0.15, 0.2) is 0 Å². The van der Waals surface area contributed by atoms with Gasteiger partial charge in [-0.25, -0.2) is 0 Å². The molecule has 4 atom stereocenters. The zero-order valence-corrected chi connectivity index (χ0v) is 23.3. The summed E-state index contributed by atoms with van der Waals surface area (Å²) in [5, 5.41) is 0. The minimum atomic E-state index is -0.00840. The molecule has 0 aromatic heterocycles. The van der Waals surface area contributed by atoms with Crippen LogP contribution in [0.3, 0.4) is 0 Å². The molecule has 0 amide bonds. The fourth-order valence-corrected chi connectivity index (χ4v) is 4.31. The van der Waals surface area contributed by atoms with Gasteiger partial charge in [-0.15, -0.1) is 0 Å². The summed E-state index contributed by atoms with van der Waals surface area (Å²) in [6.45, 7) is 9.50. The Morgan fingerprint density at radius 2 is 1.38 bits per heavy atom. The molecule has 1 rings (SSSR count). The van der Waals surface area contributed by atoms with Gasteiger partial charge in [-0.1, -0.05) is 85.0 Å². The lowest BCUT2D eigenvalue weighted by atomic mass is 10.0. The fraction of sp³-hybridized carbons (Fsp3) is 0.966. The van der Waals surface area contributed by atoms with E-state index < -0.39 is 0 Å². The molecule has 1 aliphatic carbocycles. The van der Waals surface area contributed by atoms with Gasteiger partial charge in [0, 0.05) is 13.2 Å². The second-order valence-electron chi connectivity index (χ2n) is 10.8. The standard InChI is InChI=1S/C29H57NO4/c1-6-8-10-12-13-14-19-26-22-28(26)34-29(31)25(3)18-15-17-21-33-24-27(30(4)5)23-32-20-16-11-9-7-2/h25-28H,6-24H2,1-5H3. The summed E-state index contributed by atoms with van der Waals surface area (Å²) in [4.78, 5) is 14.6. The Bertz CT molecular complexity index is 485. The number of carbonyl (C=O) groups is 1. The molecule has 0 aliphatic heterocycles. The van der Waals surface area contributed by atoms with Gasteiger partial charge in [-0.3, -0.25) is 4.79 Å². The normalized spacial score (nSPS) is 19.4. The maximum absolute atomic E-state index is 12.4. The maximum Gasteiger partial charge on any atom is 0.308 e. The highest BCUT2D eigenvalue weighted by atomic mass is 16.5. The van der Waals surface area contributed by atoms with E-state index in [1.807, 2.05) is 6.92 Å². The van der Waals surface area contributed by atoms with Crippen LogP contribution in [-0.2, 0) is 19.0 Å². The monoisotopic (exact) mass is 483 g/mol. The number of esters is 1. The van der Waals surface area contributed by atoms with E-state index in [9.17, 15) is 4.79 Å². The first kappa shape index (κ1) is 31.4. The molecular weight excluding hydrogens is 426 g/mol. The average Bonchev–Trinajstić information content (AvgIpc) is 3.56. The molecule has 0 bridgehead atoms. The van der Waals surface area contributed by atoms with Gasteiger partial charge in [0.2, 0.25) is 0 Å². The second-order valence-corrected chi connectivity index (χ2v) is 10.8. The topological polar surface area (TPSA) is 48.0 Å². The second kappa shape index (κ2) is 20.5.